The molecule has 0 bridgehead atoms. The summed E-state index contributed by atoms with van der Waals surface area (Å²) >= 11 is 0. The highest BCUT2D eigenvalue weighted by molar-refractivity contribution is 5.80. The van der Waals surface area contributed by atoms with Gasteiger partial charge in [-0.25, -0.2) is 4.68 Å². The Kier molecular flexibility index (Phi) is 4.47. The second-order valence-electron chi connectivity index (χ2n) is 5.50. The first-order chi connectivity index (χ1) is 8.65. The quantitative estimate of drug-likeness (QED) is 0.848. The second kappa shape index (κ2) is 6.09. The minimum atomic E-state index is 0.198. The van der Waals surface area contributed by atoms with Crippen LogP contribution in [-0.2, 0) is 17.8 Å². The normalized spacial score (nSPS) is 17.3. The largest absolute Gasteiger partial charge is 0.317 e. The highest BCUT2D eigenvalue weighted by Gasteiger charge is 2.21. The zero-order valence-corrected chi connectivity index (χ0v) is 11.2. The maximum atomic E-state index is 12.1. The van der Waals surface area contributed by atoms with E-state index in [1.54, 1.807) is 4.68 Å². The fraction of sp³-hybridized carbons (Fsp3) is 0.769. The lowest BCUT2D eigenvalue weighted by Gasteiger charge is -2.21. The van der Waals surface area contributed by atoms with Crippen molar-refractivity contribution in [2.45, 2.75) is 39.7 Å². The molecule has 1 fully saturated rings. The van der Waals surface area contributed by atoms with E-state index in [-0.39, 0.29) is 11.7 Å². The number of hydrogen-bond donors (Lipinski definition) is 1. The van der Waals surface area contributed by atoms with E-state index in [2.05, 4.69) is 29.5 Å². The van der Waals surface area contributed by atoms with E-state index in [0.717, 1.165) is 38.0 Å². The summed E-state index contributed by atoms with van der Waals surface area (Å²) in [5, 5.41) is 11.4. The number of rotatable bonds is 5. The smallest absolute Gasteiger partial charge is 0.157 e. The van der Waals surface area contributed by atoms with Crippen LogP contribution in [0.4, 0.5) is 0 Å². The molecule has 5 nitrogen and oxygen atoms in total. The molecule has 1 aromatic rings. The molecule has 2 heterocycles. The molecule has 0 saturated carbocycles. The standard InChI is InChI=1S/C13H22N4O/c1-10(2)7-12-8-17(16-15-12)9-13(18)11-3-5-14-6-4-11/h8,10-11,14H,3-7,9H2,1-2H3. The van der Waals surface area contributed by atoms with Crippen LogP contribution in [0, 0.1) is 11.8 Å². The summed E-state index contributed by atoms with van der Waals surface area (Å²) in [5.74, 6) is 1.05. The van der Waals surface area contributed by atoms with Gasteiger partial charge in [-0.15, -0.1) is 5.10 Å². The van der Waals surface area contributed by atoms with Gasteiger partial charge in [0.15, 0.2) is 5.78 Å². The number of nitrogens with zero attached hydrogens (tertiary/aromatic N) is 3. The number of ketones is 1. The zero-order chi connectivity index (χ0) is 13.0. The third-order valence-corrected chi connectivity index (χ3v) is 3.32. The van der Waals surface area contributed by atoms with Crippen LogP contribution in [0.3, 0.4) is 0 Å². The molecule has 100 valence electrons. The van der Waals surface area contributed by atoms with Crippen LogP contribution in [0.25, 0.3) is 0 Å². The lowest BCUT2D eigenvalue weighted by Crippen LogP contribution is -2.33. The van der Waals surface area contributed by atoms with Crippen LogP contribution in [0.15, 0.2) is 6.20 Å². The minimum absolute atomic E-state index is 0.198. The summed E-state index contributed by atoms with van der Waals surface area (Å²) in [6.07, 6.45) is 4.72. The van der Waals surface area contributed by atoms with E-state index in [9.17, 15) is 4.79 Å². The first-order valence-electron chi connectivity index (χ1n) is 6.77. The van der Waals surface area contributed by atoms with E-state index in [0.29, 0.717) is 12.5 Å². The van der Waals surface area contributed by atoms with E-state index in [1.165, 1.54) is 0 Å². The number of Topliss-reactive ketones (excluding diaryl/α,β-unsaturated/α-hetero) is 1. The predicted molar refractivity (Wildman–Crippen MR) is 69.2 cm³/mol. The highest BCUT2D eigenvalue weighted by atomic mass is 16.1. The topological polar surface area (TPSA) is 59.8 Å². The molecule has 1 N–H and O–H groups in total. The van der Waals surface area contributed by atoms with Gasteiger partial charge in [-0.1, -0.05) is 19.1 Å². The molecular formula is C13H22N4O. The van der Waals surface area contributed by atoms with Crippen LogP contribution < -0.4 is 5.32 Å². The Labute approximate surface area is 108 Å². The molecule has 0 aromatic carbocycles. The van der Waals surface area contributed by atoms with E-state index in [1.807, 2.05) is 6.20 Å². The van der Waals surface area contributed by atoms with Gasteiger partial charge in [-0.3, -0.25) is 4.79 Å². The molecule has 2 rings (SSSR count). The van der Waals surface area contributed by atoms with Gasteiger partial charge in [-0.05, 0) is 38.3 Å². The zero-order valence-electron chi connectivity index (χ0n) is 11.2. The fourth-order valence-corrected chi connectivity index (χ4v) is 2.36. The molecule has 1 aliphatic rings. The van der Waals surface area contributed by atoms with Crippen LogP contribution in [0.2, 0.25) is 0 Å². The number of carbonyl (C=O) groups excluding carboxylic acids is 1. The number of hydrogen-bond acceptors (Lipinski definition) is 4. The van der Waals surface area contributed by atoms with Crippen molar-refractivity contribution < 1.29 is 4.79 Å². The molecule has 1 aromatic heterocycles. The van der Waals surface area contributed by atoms with Crippen molar-refractivity contribution >= 4 is 5.78 Å². The average molecular weight is 250 g/mol. The number of nitrogens with one attached hydrogen (secondary N) is 1. The number of carbonyl (C=O) groups is 1. The van der Waals surface area contributed by atoms with E-state index < -0.39 is 0 Å². The van der Waals surface area contributed by atoms with E-state index >= 15 is 0 Å². The second-order valence-corrected chi connectivity index (χ2v) is 5.50. The van der Waals surface area contributed by atoms with Crippen molar-refractivity contribution in [3.63, 3.8) is 0 Å². The van der Waals surface area contributed by atoms with E-state index in [4.69, 9.17) is 0 Å². The Hall–Kier alpha value is -1.23. The van der Waals surface area contributed by atoms with Gasteiger partial charge in [-0.2, -0.15) is 0 Å². The lowest BCUT2D eigenvalue weighted by molar-refractivity contribution is -0.124. The molecule has 0 atom stereocenters. The minimum Gasteiger partial charge on any atom is -0.317 e. The fourth-order valence-electron chi connectivity index (χ4n) is 2.36. The van der Waals surface area contributed by atoms with Crippen LogP contribution in [-0.4, -0.2) is 33.9 Å². The molecule has 18 heavy (non-hydrogen) atoms. The Morgan fingerprint density at radius 2 is 2.22 bits per heavy atom. The molecule has 5 heteroatoms. The Morgan fingerprint density at radius 1 is 1.50 bits per heavy atom. The molecule has 0 spiro atoms. The Morgan fingerprint density at radius 3 is 2.89 bits per heavy atom. The highest BCUT2D eigenvalue weighted by Crippen LogP contribution is 2.13. The van der Waals surface area contributed by atoms with Crippen molar-refractivity contribution in [2.24, 2.45) is 11.8 Å². The third-order valence-electron chi connectivity index (χ3n) is 3.32. The first kappa shape index (κ1) is 13.2. The Balaban J connectivity index is 1.88. The number of piperidine rings is 1. The van der Waals surface area contributed by atoms with Crippen molar-refractivity contribution in [2.75, 3.05) is 13.1 Å². The Bertz CT molecular complexity index is 393. The molecule has 1 aliphatic heterocycles. The first-order valence-corrected chi connectivity index (χ1v) is 6.77. The van der Waals surface area contributed by atoms with Gasteiger partial charge in [0.25, 0.3) is 0 Å². The monoisotopic (exact) mass is 250 g/mol. The van der Waals surface area contributed by atoms with Crippen molar-refractivity contribution in [1.29, 1.82) is 0 Å². The lowest BCUT2D eigenvalue weighted by atomic mass is 9.93. The summed E-state index contributed by atoms with van der Waals surface area (Å²) in [6, 6.07) is 0. The van der Waals surface area contributed by atoms with Crippen LogP contribution in [0.5, 0.6) is 0 Å². The summed E-state index contributed by atoms with van der Waals surface area (Å²) in [5.41, 5.74) is 0.975. The van der Waals surface area contributed by atoms with Gasteiger partial charge in [0.1, 0.15) is 6.54 Å². The molecular weight excluding hydrogens is 228 g/mol. The van der Waals surface area contributed by atoms with Gasteiger partial charge in [0.2, 0.25) is 0 Å². The molecule has 0 aliphatic carbocycles. The third kappa shape index (κ3) is 3.63. The summed E-state index contributed by atoms with van der Waals surface area (Å²) in [6.45, 7) is 6.58. The van der Waals surface area contributed by atoms with Gasteiger partial charge in [0.05, 0.1) is 5.69 Å². The van der Waals surface area contributed by atoms with Crippen LogP contribution in [0.1, 0.15) is 32.4 Å². The number of aromatic nitrogens is 3. The maximum absolute atomic E-state index is 12.1. The molecule has 0 unspecified atom stereocenters. The summed E-state index contributed by atoms with van der Waals surface area (Å²) in [4.78, 5) is 12.1. The predicted octanol–water partition coefficient (Wildman–Crippen LogP) is 1.05. The van der Waals surface area contributed by atoms with Crippen LogP contribution >= 0.6 is 0 Å². The maximum Gasteiger partial charge on any atom is 0.157 e. The SMILES string of the molecule is CC(C)Cc1cn(CC(=O)C2CCNCC2)nn1. The van der Waals surface area contributed by atoms with Crippen molar-refractivity contribution in [3.05, 3.63) is 11.9 Å². The molecule has 0 radical (unpaired) electrons. The molecule has 1 saturated heterocycles. The van der Waals surface area contributed by atoms with Gasteiger partial charge < -0.3 is 5.32 Å². The summed E-state index contributed by atoms with van der Waals surface area (Å²) in [7, 11) is 0. The molecule has 0 amide bonds. The van der Waals surface area contributed by atoms with Gasteiger partial charge >= 0.3 is 0 Å². The van der Waals surface area contributed by atoms with Gasteiger partial charge in [0, 0.05) is 12.1 Å². The average Bonchev–Trinajstić information content (AvgIpc) is 2.76. The summed E-state index contributed by atoms with van der Waals surface area (Å²) < 4.78 is 1.68. The van der Waals surface area contributed by atoms with Crippen molar-refractivity contribution in [1.82, 2.24) is 20.3 Å². The van der Waals surface area contributed by atoms with Crippen molar-refractivity contribution in [3.8, 4) is 0 Å².